The van der Waals surface area contributed by atoms with Gasteiger partial charge in [-0.05, 0) is 68.3 Å². The molecule has 4 N–H and O–H groups in total. The summed E-state index contributed by atoms with van der Waals surface area (Å²) < 4.78 is -0.576. The highest BCUT2D eigenvalue weighted by Crippen LogP contribution is 2.40. The van der Waals surface area contributed by atoms with Crippen LogP contribution in [-0.2, 0) is 22.6 Å². The minimum Gasteiger partial charge on any atom is -0.381 e. The maximum Gasteiger partial charge on any atom is 0.319 e. The molecular formula is C32H38N4O4S2. The van der Waals surface area contributed by atoms with E-state index >= 15 is 0 Å². The number of aryl methyl sites for hydroxylation is 1. The molecule has 222 valence electrons. The smallest absolute Gasteiger partial charge is 0.319 e. The molecule has 0 radical (unpaired) electrons. The Balaban J connectivity index is 1.51. The fourth-order valence-corrected chi connectivity index (χ4v) is 6.59. The summed E-state index contributed by atoms with van der Waals surface area (Å²) in [5.41, 5.74) is 3.51. The van der Waals surface area contributed by atoms with Gasteiger partial charge in [0.25, 0.3) is 5.91 Å². The Hall–Kier alpha value is -3.47. The number of carbonyl (C=O) groups excluding carboxylic acids is 3. The van der Waals surface area contributed by atoms with Crippen LogP contribution in [0.15, 0.2) is 83.8 Å². The number of hydrogen-bond acceptors (Lipinski definition) is 6. The highest BCUT2D eigenvalue weighted by Gasteiger charge is 2.49. The number of carbonyl (C=O) groups is 3. The first-order valence-electron chi connectivity index (χ1n) is 13.8. The lowest BCUT2D eigenvalue weighted by atomic mass is 9.97. The SMILES string of the molecule is CSc1cccc(NC(=O)N[C@@H](Cc2ccccc2)[C@H](O)C(=O)N2CSC(C)(C)[C@H]2C(=O)NCc2ccccc2C)c1. The van der Waals surface area contributed by atoms with Crippen LogP contribution >= 0.6 is 23.5 Å². The number of amides is 4. The van der Waals surface area contributed by atoms with Crippen LogP contribution in [0.2, 0.25) is 0 Å². The van der Waals surface area contributed by atoms with Gasteiger partial charge in [0.1, 0.15) is 6.04 Å². The first-order chi connectivity index (χ1) is 20.1. The Kier molecular flexibility index (Phi) is 10.6. The van der Waals surface area contributed by atoms with E-state index in [1.54, 1.807) is 17.8 Å². The monoisotopic (exact) mass is 606 g/mol. The van der Waals surface area contributed by atoms with Gasteiger partial charge in [-0.1, -0.05) is 60.7 Å². The van der Waals surface area contributed by atoms with Crippen molar-refractivity contribution in [3.05, 3.63) is 95.6 Å². The van der Waals surface area contributed by atoms with Gasteiger partial charge in [-0.25, -0.2) is 4.79 Å². The van der Waals surface area contributed by atoms with E-state index in [0.717, 1.165) is 21.6 Å². The maximum atomic E-state index is 13.8. The summed E-state index contributed by atoms with van der Waals surface area (Å²) >= 11 is 3.04. The average molecular weight is 607 g/mol. The zero-order valence-electron chi connectivity index (χ0n) is 24.3. The Bertz CT molecular complexity index is 1400. The average Bonchev–Trinajstić information content (AvgIpc) is 3.30. The lowest BCUT2D eigenvalue weighted by molar-refractivity contribution is -0.147. The van der Waals surface area contributed by atoms with Crippen molar-refractivity contribution in [1.29, 1.82) is 0 Å². The van der Waals surface area contributed by atoms with Gasteiger partial charge >= 0.3 is 6.03 Å². The number of nitrogens with zero attached hydrogens (tertiary/aromatic N) is 1. The number of thioether (sulfide) groups is 2. The predicted molar refractivity (Wildman–Crippen MR) is 171 cm³/mol. The first-order valence-corrected chi connectivity index (χ1v) is 16.0. The second kappa shape index (κ2) is 14.1. The molecule has 0 aromatic heterocycles. The van der Waals surface area contributed by atoms with Crippen LogP contribution in [0.1, 0.15) is 30.5 Å². The van der Waals surface area contributed by atoms with Crippen LogP contribution in [-0.4, -0.2) is 62.9 Å². The lowest BCUT2D eigenvalue weighted by Gasteiger charge is -2.33. The Morgan fingerprint density at radius 1 is 1.05 bits per heavy atom. The Morgan fingerprint density at radius 3 is 2.48 bits per heavy atom. The van der Waals surface area contributed by atoms with E-state index < -0.39 is 34.9 Å². The standard InChI is InChI=1S/C32H38N4O4S2/c1-21-11-8-9-14-23(21)19-33-29(38)28-32(2,3)42-20-36(28)30(39)27(37)26(17-22-12-6-5-7-13-22)35-31(40)34-24-15-10-16-25(18-24)41-4/h5-16,18,26-28,37H,17,19-20H2,1-4H3,(H,33,38)(H2,34,35,40)/t26-,27-,28+/m0/s1. The number of anilines is 1. The maximum absolute atomic E-state index is 13.8. The zero-order valence-corrected chi connectivity index (χ0v) is 25.9. The highest BCUT2D eigenvalue weighted by molar-refractivity contribution is 8.00. The fourth-order valence-electron chi connectivity index (χ4n) is 4.99. The van der Waals surface area contributed by atoms with E-state index in [2.05, 4.69) is 16.0 Å². The molecule has 0 spiro atoms. The van der Waals surface area contributed by atoms with Crippen molar-refractivity contribution in [3.8, 4) is 0 Å². The number of nitrogens with one attached hydrogen (secondary N) is 3. The molecule has 0 saturated carbocycles. The molecule has 3 aromatic rings. The van der Waals surface area contributed by atoms with E-state index in [1.165, 1.54) is 16.7 Å². The van der Waals surface area contributed by atoms with E-state index in [0.29, 0.717) is 12.2 Å². The summed E-state index contributed by atoms with van der Waals surface area (Å²) in [5.74, 6) is -0.639. The van der Waals surface area contributed by atoms with Gasteiger partial charge in [-0.15, -0.1) is 23.5 Å². The quantitative estimate of drug-likeness (QED) is 0.247. The van der Waals surface area contributed by atoms with Gasteiger partial charge in [0, 0.05) is 21.9 Å². The van der Waals surface area contributed by atoms with Crippen molar-refractivity contribution in [2.24, 2.45) is 0 Å². The Morgan fingerprint density at radius 2 is 1.76 bits per heavy atom. The van der Waals surface area contributed by atoms with Crippen LogP contribution in [0.3, 0.4) is 0 Å². The van der Waals surface area contributed by atoms with Crippen molar-refractivity contribution in [1.82, 2.24) is 15.5 Å². The second-order valence-electron chi connectivity index (χ2n) is 10.8. The summed E-state index contributed by atoms with van der Waals surface area (Å²) in [6.07, 6.45) is 0.598. The Labute approximate surface area is 256 Å². The minimum absolute atomic E-state index is 0.223. The van der Waals surface area contributed by atoms with Gasteiger partial charge in [0.2, 0.25) is 5.91 Å². The van der Waals surface area contributed by atoms with Crippen LogP contribution in [0.5, 0.6) is 0 Å². The third-order valence-corrected chi connectivity index (χ3v) is 9.47. The second-order valence-corrected chi connectivity index (χ2v) is 13.3. The number of aliphatic hydroxyl groups excluding tert-OH is 1. The predicted octanol–water partition coefficient (Wildman–Crippen LogP) is 4.81. The molecule has 4 amide bonds. The van der Waals surface area contributed by atoms with Crippen molar-refractivity contribution in [3.63, 3.8) is 0 Å². The van der Waals surface area contributed by atoms with E-state index in [-0.39, 0.29) is 18.2 Å². The summed E-state index contributed by atoms with van der Waals surface area (Å²) in [7, 11) is 0. The van der Waals surface area contributed by atoms with Gasteiger partial charge in [0.05, 0.1) is 11.9 Å². The molecule has 3 aromatic carbocycles. The molecule has 10 heteroatoms. The molecular weight excluding hydrogens is 569 g/mol. The minimum atomic E-state index is -1.57. The largest absolute Gasteiger partial charge is 0.381 e. The number of urea groups is 1. The van der Waals surface area contributed by atoms with Crippen molar-refractivity contribution in [2.45, 2.75) is 61.6 Å². The molecule has 4 rings (SSSR count). The third kappa shape index (κ3) is 7.87. The van der Waals surface area contributed by atoms with Crippen LogP contribution in [0.25, 0.3) is 0 Å². The van der Waals surface area contributed by atoms with E-state index in [1.807, 2.05) is 99.8 Å². The van der Waals surface area contributed by atoms with E-state index in [9.17, 15) is 19.5 Å². The molecule has 0 unspecified atom stereocenters. The number of aliphatic hydroxyl groups is 1. The summed E-state index contributed by atoms with van der Waals surface area (Å²) in [6.45, 7) is 6.17. The molecule has 1 aliphatic rings. The van der Waals surface area contributed by atoms with Gasteiger partial charge < -0.3 is 26.0 Å². The lowest BCUT2D eigenvalue weighted by Crippen LogP contribution is -2.59. The van der Waals surface area contributed by atoms with Gasteiger partial charge in [0.15, 0.2) is 6.10 Å². The third-order valence-electron chi connectivity index (χ3n) is 7.37. The molecule has 0 aliphatic carbocycles. The van der Waals surface area contributed by atoms with Crippen molar-refractivity contribution < 1.29 is 19.5 Å². The summed E-state index contributed by atoms with van der Waals surface area (Å²) in [6, 6.07) is 22.3. The number of hydrogen-bond donors (Lipinski definition) is 4. The topological polar surface area (TPSA) is 111 Å². The molecule has 0 bridgehead atoms. The van der Waals surface area contributed by atoms with Crippen LogP contribution in [0, 0.1) is 6.92 Å². The number of rotatable bonds is 10. The van der Waals surface area contributed by atoms with Gasteiger partial charge in [-0.3, -0.25) is 9.59 Å². The molecule has 1 saturated heterocycles. The fraction of sp³-hybridized carbons (Fsp3) is 0.344. The normalized spacial score (nSPS) is 17.3. The van der Waals surface area contributed by atoms with Crippen LogP contribution < -0.4 is 16.0 Å². The summed E-state index contributed by atoms with van der Waals surface area (Å²) in [4.78, 5) is 42.8. The molecule has 1 heterocycles. The first kappa shape index (κ1) is 31.5. The van der Waals surface area contributed by atoms with Crippen molar-refractivity contribution in [2.75, 3.05) is 17.4 Å². The van der Waals surface area contributed by atoms with Gasteiger partial charge in [-0.2, -0.15) is 0 Å². The summed E-state index contributed by atoms with van der Waals surface area (Å²) in [5, 5.41) is 20.0. The molecule has 8 nitrogen and oxygen atoms in total. The zero-order chi connectivity index (χ0) is 30.3. The molecule has 3 atom stereocenters. The van der Waals surface area contributed by atoms with E-state index in [4.69, 9.17) is 0 Å². The van der Waals surface area contributed by atoms with Crippen molar-refractivity contribution >= 4 is 47.1 Å². The molecule has 1 aliphatic heterocycles. The molecule has 1 fully saturated rings. The van der Waals surface area contributed by atoms with Crippen LogP contribution in [0.4, 0.5) is 10.5 Å². The highest BCUT2D eigenvalue weighted by atomic mass is 32.2. The number of benzene rings is 3. The molecule has 42 heavy (non-hydrogen) atoms.